The van der Waals surface area contributed by atoms with Crippen molar-refractivity contribution in [3.8, 4) is 17.6 Å². The summed E-state index contributed by atoms with van der Waals surface area (Å²) in [5.41, 5.74) is 3.81. The quantitative estimate of drug-likeness (QED) is 0.154. The predicted octanol–water partition coefficient (Wildman–Crippen LogP) is 4.77. The van der Waals surface area contributed by atoms with Gasteiger partial charge in [0.05, 0.1) is 46.4 Å². The molecule has 3 unspecified atom stereocenters. The lowest BCUT2D eigenvalue weighted by Crippen LogP contribution is -2.39. The molecule has 3 atom stereocenters. The molecule has 4 rings (SSSR count). The smallest absolute Gasteiger partial charge is 0.222 e. The van der Waals surface area contributed by atoms with Crippen molar-refractivity contribution in [3.63, 3.8) is 0 Å². The zero-order valence-corrected chi connectivity index (χ0v) is 26.5. The molecule has 10 nitrogen and oxygen atoms in total. The van der Waals surface area contributed by atoms with Crippen molar-refractivity contribution in [2.45, 2.75) is 43.6 Å². The van der Waals surface area contributed by atoms with Gasteiger partial charge in [-0.3, -0.25) is 14.6 Å². The molecular formula is C34H33Cl2N3O7. The first kappa shape index (κ1) is 34.6. The highest BCUT2D eigenvalue weighted by atomic mass is 35.5. The highest BCUT2D eigenvalue weighted by molar-refractivity contribution is 6.32. The van der Waals surface area contributed by atoms with Gasteiger partial charge >= 0.3 is 0 Å². The number of benzene rings is 2. The molecule has 1 amide bonds. The number of hydrogen-bond donors (Lipinski definition) is 3. The molecule has 46 heavy (non-hydrogen) atoms. The first-order chi connectivity index (χ1) is 22.1. The Kier molecular flexibility index (Phi) is 12.3. The van der Waals surface area contributed by atoms with E-state index in [0.717, 1.165) is 16.7 Å². The average molecular weight is 667 g/mol. The number of aliphatic hydroxyl groups is 2. The fourth-order valence-corrected chi connectivity index (χ4v) is 5.19. The molecule has 2 aromatic carbocycles. The van der Waals surface area contributed by atoms with Gasteiger partial charge in [-0.2, -0.15) is 5.26 Å². The number of allylic oxidation sites excluding steroid dienone is 2. The Bertz CT molecular complexity index is 1650. The summed E-state index contributed by atoms with van der Waals surface area (Å²) in [7, 11) is 0. The monoisotopic (exact) mass is 665 g/mol. The summed E-state index contributed by atoms with van der Waals surface area (Å²) in [6.07, 6.45) is 7.80. The molecule has 0 spiro atoms. The summed E-state index contributed by atoms with van der Waals surface area (Å²) in [5, 5.41) is 30.2. The Morgan fingerprint density at radius 3 is 2.72 bits per heavy atom. The molecule has 3 N–H and O–H groups in total. The Morgan fingerprint density at radius 1 is 1.17 bits per heavy atom. The van der Waals surface area contributed by atoms with Gasteiger partial charge in [0.2, 0.25) is 5.91 Å². The summed E-state index contributed by atoms with van der Waals surface area (Å²) in [4.78, 5) is 26.8. The van der Waals surface area contributed by atoms with Crippen LogP contribution >= 0.6 is 23.2 Å². The number of aliphatic hydroxyl groups excluding tert-OH is 2. The second-order valence-electron chi connectivity index (χ2n) is 10.6. The van der Waals surface area contributed by atoms with Crippen LogP contribution in [0, 0.1) is 11.3 Å². The maximum Gasteiger partial charge on any atom is 0.222 e. The van der Waals surface area contributed by atoms with Crippen molar-refractivity contribution >= 4 is 41.0 Å². The van der Waals surface area contributed by atoms with E-state index < -0.39 is 23.7 Å². The summed E-state index contributed by atoms with van der Waals surface area (Å²) >= 11 is 13.5. The van der Waals surface area contributed by atoms with E-state index in [4.69, 9.17) is 47.8 Å². The maximum atomic E-state index is 12.0. The fourth-order valence-electron chi connectivity index (χ4n) is 4.66. The number of pyridine rings is 1. The zero-order valence-electron chi connectivity index (χ0n) is 25.0. The number of carbonyl (C=O) groups is 2. The van der Waals surface area contributed by atoms with E-state index in [2.05, 4.69) is 10.3 Å². The lowest BCUT2D eigenvalue weighted by molar-refractivity contribution is -0.123. The summed E-state index contributed by atoms with van der Waals surface area (Å²) in [6, 6.07) is 14.4. The van der Waals surface area contributed by atoms with Crippen LogP contribution in [0.2, 0.25) is 5.02 Å². The standard InChI is InChI=1S/C34H33Cl2N3O7/c1-34(36)28(6-3-7-32(34)44-9-8-33(43)39-17-27(42)19-41)25-5-2-4-22(11-25)20-46-31-13-30(26(18-40)12-29(31)35)45-21-24-10-23(14-37)15-38-16-24/h2-7,10-13,15-16,18,27,32,41-42H,8-9,17,19-21H2,1H3,(H,39,43). The van der Waals surface area contributed by atoms with Crippen molar-refractivity contribution < 1.29 is 34.0 Å². The molecule has 1 aliphatic carbocycles. The van der Waals surface area contributed by atoms with Gasteiger partial charge in [0.1, 0.15) is 30.8 Å². The van der Waals surface area contributed by atoms with Crippen LogP contribution in [0.5, 0.6) is 11.5 Å². The van der Waals surface area contributed by atoms with Gasteiger partial charge in [0, 0.05) is 37.0 Å². The normalized spacial score (nSPS) is 17.8. The first-order valence-electron chi connectivity index (χ1n) is 14.4. The van der Waals surface area contributed by atoms with E-state index in [1.807, 2.05) is 55.5 Å². The molecule has 0 saturated heterocycles. The summed E-state index contributed by atoms with van der Waals surface area (Å²) < 4.78 is 17.9. The van der Waals surface area contributed by atoms with Crippen molar-refractivity contribution in [2.75, 3.05) is 19.8 Å². The predicted molar refractivity (Wildman–Crippen MR) is 173 cm³/mol. The third-order valence-corrected chi connectivity index (χ3v) is 7.84. The second-order valence-corrected chi connectivity index (χ2v) is 11.8. The number of ether oxygens (including phenoxy) is 3. The minimum atomic E-state index is -1.01. The van der Waals surface area contributed by atoms with E-state index in [0.29, 0.717) is 23.2 Å². The van der Waals surface area contributed by atoms with Gasteiger partial charge < -0.3 is 29.7 Å². The number of hydrogen-bond acceptors (Lipinski definition) is 9. The number of aromatic nitrogens is 1. The van der Waals surface area contributed by atoms with Crippen LogP contribution in [0.15, 0.2) is 73.1 Å². The SMILES string of the molecule is CC1(Cl)C(c2cccc(COc3cc(OCc4cncc(C#N)c4)c(C=O)cc3Cl)c2)=CC=CC1OCCC(=O)NCC(O)CO. The number of amides is 1. The number of aldehydes is 1. The van der Waals surface area contributed by atoms with E-state index in [9.17, 15) is 14.7 Å². The van der Waals surface area contributed by atoms with Gasteiger partial charge in [-0.05, 0) is 41.8 Å². The molecule has 1 heterocycles. The lowest BCUT2D eigenvalue weighted by atomic mass is 9.84. The number of nitrogens with zero attached hydrogens (tertiary/aromatic N) is 2. The van der Waals surface area contributed by atoms with E-state index >= 15 is 0 Å². The minimum Gasteiger partial charge on any atom is -0.488 e. The summed E-state index contributed by atoms with van der Waals surface area (Å²) in [5.74, 6) is 0.282. The van der Waals surface area contributed by atoms with E-state index in [1.165, 1.54) is 12.3 Å². The van der Waals surface area contributed by atoms with Gasteiger partial charge in [-0.15, -0.1) is 11.6 Å². The van der Waals surface area contributed by atoms with E-state index in [-0.39, 0.29) is 55.0 Å². The number of alkyl halides is 1. The Morgan fingerprint density at radius 2 is 1.96 bits per heavy atom. The van der Waals surface area contributed by atoms with E-state index in [1.54, 1.807) is 18.3 Å². The van der Waals surface area contributed by atoms with Crippen LogP contribution < -0.4 is 14.8 Å². The van der Waals surface area contributed by atoms with Gasteiger partial charge in [-0.1, -0.05) is 48.0 Å². The molecule has 0 fully saturated rings. The lowest BCUT2D eigenvalue weighted by Gasteiger charge is -2.35. The topological polar surface area (TPSA) is 151 Å². The number of nitriles is 1. The van der Waals surface area contributed by atoms with Crippen LogP contribution in [0.3, 0.4) is 0 Å². The third-order valence-electron chi connectivity index (χ3n) is 7.12. The van der Waals surface area contributed by atoms with Crippen LogP contribution in [0.4, 0.5) is 0 Å². The fraction of sp³-hybridized carbons (Fsp3) is 0.294. The van der Waals surface area contributed by atoms with Gasteiger partial charge in [-0.25, -0.2) is 0 Å². The van der Waals surface area contributed by atoms with Crippen LogP contribution in [0.1, 0.15) is 46.0 Å². The Balaban J connectivity index is 1.40. The first-order valence-corrected chi connectivity index (χ1v) is 15.1. The van der Waals surface area contributed by atoms with Crippen LogP contribution in [0.25, 0.3) is 5.57 Å². The molecule has 1 aliphatic rings. The molecule has 3 aromatic rings. The van der Waals surface area contributed by atoms with Crippen molar-refractivity contribution in [2.24, 2.45) is 0 Å². The van der Waals surface area contributed by atoms with Gasteiger partial charge in [0.15, 0.2) is 6.29 Å². The molecule has 12 heteroatoms. The Labute approximate surface area is 276 Å². The second kappa shape index (κ2) is 16.4. The van der Waals surface area contributed by atoms with Crippen LogP contribution in [-0.2, 0) is 22.7 Å². The number of nitrogens with one attached hydrogen (secondary N) is 1. The number of carbonyl (C=O) groups excluding carboxylic acids is 2. The molecule has 0 bridgehead atoms. The Hall–Kier alpha value is -4.24. The molecular weight excluding hydrogens is 633 g/mol. The average Bonchev–Trinajstić information content (AvgIpc) is 3.06. The molecule has 0 saturated carbocycles. The molecule has 1 aromatic heterocycles. The van der Waals surface area contributed by atoms with Crippen molar-refractivity contribution in [1.82, 2.24) is 10.3 Å². The highest BCUT2D eigenvalue weighted by Crippen LogP contribution is 2.41. The number of rotatable bonds is 15. The van der Waals surface area contributed by atoms with Crippen LogP contribution in [-0.4, -0.2) is 64.2 Å². The maximum absolute atomic E-state index is 12.0. The zero-order chi connectivity index (χ0) is 33.1. The molecule has 0 aliphatic heterocycles. The molecule has 240 valence electrons. The van der Waals surface area contributed by atoms with Gasteiger partial charge in [0.25, 0.3) is 0 Å². The number of halogens is 2. The van der Waals surface area contributed by atoms with Crippen molar-refractivity contribution in [1.29, 1.82) is 5.26 Å². The highest BCUT2D eigenvalue weighted by Gasteiger charge is 2.37. The molecule has 0 radical (unpaired) electrons. The minimum absolute atomic E-state index is 0.0406. The third kappa shape index (κ3) is 9.16. The summed E-state index contributed by atoms with van der Waals surface area (Å²) in [6.45, 7) is 1.72. The largest absolute Gasteiger partial charge is 0.488 e. The van der Waals surface area contributed by atoms with Crippen molar-refractivity contribution in [3.05, 3.63) is 106 Å².